The van der Waals surface area contributed by atoms with Crippen molar-refractivity contribution in [3.8, 4) is 0 Å². The second kappa shape index (κ2) is 6.04. The van der Waals surface area contributed by atoms with E-state index in [0.717, 1.165) is 6.26 Å². The molecule has 2 unspecified atom stereocenters. The lowest BCUT2D eigenvalue weighted by Crippen LogP contribution is -2.40. The van der Waals surface area contributed by atoms with Gasteiger partial charge in [0.25, 0.3) is 0 Å². The number of carboxylic acid groups (broad SMARTS) is 1. The molecule has 0 aromatic heterocycles. The van der Waals surface area contributed by atoms with Crippen molar-refractivity contribution in [2.75, 3.05) is 19.3 Å². The lowest BCUT2D eigenvalue weighted by Gasteiger charge is -2.17. The van der Waals surface area contributed by atoms with E-state index in [9.17, 15) is 13.2 Å². The lowest BCUT2D eigenvalue weighted by atomic mass is 10.0. The minimum atomic E-state index is -3.16. The van der Waals surface area contributed by atoms with Crippen LogP contribution in [0.1, 0.15) is 13.8 Å². The van der Waals surface area contributed by atoms with Gasteiger partial charge < -0.3 is 10.4 Å². The average Bonchev–Trinajstić information content (AvgIpc) is 2.09. The zero-order chi connectivity index (χ0) is 12.1. The highest BCUT2D eigenvalue weighted by atomic mass is 32.2. The van der Waals surface area contributed by atoms with E-state index in [1.165, 1.54) is 0 Å². The van der Waals surface area contributed by atoms with Crippen LogP contribution in [0.3, 0.4) is 0 Å². The van der Waals surface area contributed by atoms with Crippen LogP contribution in [0.4, 0.5) is 0 Å². The molecule has 0 aromatic rings. The molecular weight excluding hydrogens is 220 g/mol. The minimum Gasteiger partial charge on any atom is -0.481 e. The highest BCUT2D eigenvalue weighted by molar-refractivity contribution is 7.88. The Morgan fingerprint density at radius 1 is 1.33 bits per heavy atom. The molecule has 90 valence electrons. The Kier molecular flexibility index (Phi) is 5.77. The molecule has 0 aromatic carbocycles. The Balaban J connectivity index is 3.73. The van der Waals surface area contributed by atoms with E-state index in [1.54, 1.807) is 13.8 Å². The van der Waals surface area contributed by atoms with Gasteiger partial charge in [-0.1, -0.05) is 6.92 Å². The van der Waals surface area contributed by atoms with Gasteiger partial charge in [0.1, 0.15) is 0 Å². The quantitative estimate of drug-likeness (QED) is 0.506. The van der Waals surface area contributed by atoms with Gasteiger partial charge in [-0.15, -0.1) is 0 Å². The molecule has 15 heavy (non-hydrogen) atoms. The highest BCUT2D eigenvalue weighted by Gasteiger charge is 2.18. The molecule has 0 saturated carbocycles. The molecule has 3 N–H and O–H groups in total. The van der Waals surface area contributed by atoms with Crippen molar-refractivity contribution in [2.24, 2.45) is 5.92 Å². The van der Waals surface area contributed by atoms with Crippen molar-refractivity contribution >= 4 is 16.0 Å². The van der Waals surface area contributed by atoms with Crippen LogP contribution in [0.2, 0.25) is 0 Å². The highest BCUT2D eigenvalue weighted by Crippen LogP contribution is 2.01. The SMILES string of the molecule is CC(NCCNS(C)(=O)=O)C(C)C(=O)O. The maximum absolute atomic E-state index is 10.7. The Bertz CT molecular complexity index is 302. The first kappa shape index (κ1) is 14.3. The van der Waals surface area contributed by atoms with Gasteiger partial charge in [-0.2, -0.15) is 0 Å². The van der Waals surface area contributed by atoms with Crippen LogP contribution in [0.25, 0.3) is 0 Å². The molecule has 0 spiro atoms. The number of nitrogens with one attached hydrogen (secondary N) is 2. The molecule has 7 heteroatoms. The summed E-state index contributed by atoms with van der Waals surface area (Å²) in [5, 5.41) is 11.6. The summed E-state index contributed by atoms with van der Waals surface area (Å²) in [6, 6.07) is -0.191. The summed E-state index contributed by atoms with van der Waals surface area (Å²) in [5.74, 6) is -1.37. The van der Waals surface area contributed by atoms with Crippen LogP contribution >= 0.6 is 0 Å². The number of aliphatic carboxylic acids is 1. The van der Waals surface area contributed by atoms with Crippen LogP contribution < -0.4 is 10.0 Å². The number of carbonyl (C=O) groups is 1. The van der Waals surface area contributed by atoms with Gasteiger partial charge in [0.2, 0.25) is 10.0 Å². The minimum absolute atomic E-state index is 0.191. The van der Waals surface area contributed by atoms with Crippen molar-refractivity contribution in [1.82, 2.24) is 10.0 Å². The Hall–Kier alpha value is -0.660. The first-order valence-electron chi connectivity index (χ1n) is 4.65. The Labute approximate surface area is 90.1 Å². The maximum Gasteiger partial charge on any atom is 0.307 e. The van der Waals surface area contributed by atoms with Crippen molar-refractivity contribution in [2.45, 2.75) is 19.9 Å². The predicted molar refractivity (Wildman–Crippen MR) is 57.1 cm³/mol. The number of carboxylic acids is 1. The standard InChI is InChI=1S/C8H18N2O4S/c1-6(8(11)12)7(2)9-4-5-10-15(3,13)14/h6-7,9-10H,4-5H2,1-3H3,(H,11,12). The topological polar surface area (TPSA) is 95.5 Å². The van der Waals surface area contributed by atoms with E-state index >= 15 is 0 Å². The van der Waals surface area contributed by atoms with E-state index in [2.05, 4.69) is 10.0 Å². The molecule has 0 saturated heterocycles. The van der Waals surface area contributed by atoms with E-state index in [4.69, 9.17) is 5.11 Å². The Morgan fingerprint density at radius 2 is 1.87 bits per heavy atom. The van der Waals surface area contributed by atoms with Gasteiger partial charge in [-0.05, 0) is 6.92 Å². The molecule has 0 rings (SSSR count). The van der Waals surface area contributed by atoms with Gasteiger partial charge in [0, 0.05) is 19.1 Å². The van der Waals surface area contributed by atoms with Crippen molar-refractivity contribution < 1.29 is 18.3 Å². The molecule has 0 heterocycles. The normalized spacial score (nSPS) is 15.9. The first-order valence-corrected chi connectivity index (χ1v) is 6.54. The largest absolute Gasteiger partial charge is 0.481 e. The second-order valence-electron chi connectivity index (χ2n) is 3.54. The third kappa shape index (κ3) is 7.29. The van der Waals surface area contributed by atoms with Gasteiger partial charge in [0.05, 0.1) is 12.2 Å². The van der Waals surface area contributed by atoms with E-state index < -0.39 is 21.9 Å². The van der Waals surface area contributed by atoms with Crippen molar-refractivity contribution in [1.29, 1.82) is 0 Å². The van der Waals surface area contributed by atoms with Gasteiger partial charge >= 0.3 is 5.97 Å². The summed E-state index contributed by atoms with van der Waals surface area (Å²) < 4.78 is 23.7. The van der Waals surface area contributed by atoms with Crippen LogP contribution in [-0.4, -0.2) is 44.9 Å². The molecule has 0 aliphatic rings. The molecule has 0 aliphatic heterocycles. The van der Waals surface area contributed by atoms with E-state index in [0.29, 0.717) is 6.54 Å². The second-order valence-corrected chi connectivity index (χ2v) is 5.37. The maximum atomic E-state index is 10.7. The molecular formula is C8H18N2O4S. The Morgan fingerprint density at radius 3 is 2.27 bits per heavy atom. The number of sulfonamides is 1. The van der Waals surface area contributed by atoms with Gasteiger partial charge in [-0.3, -0.25) is 4.79 Å². The number of hydrogen-bond donors (Lipinski definition) is 3. The van der Waals surface area contributed by atoms with Gasteiger partial charge in [0.15, 0.2) is 0 Å². The van der Waals surface area contributed by atoms with Crippen LogP contribution in [-0.2, 0) is 14.8 Å². The molecule has 0 fully saturated rings. The smallest absolute Gasteiger partial charge is 0.307 e. The molecule has 0 aliphatic carbocycles. The number of rotatable bonds is 7. The third-order valence-corrected chi connectivity index (χ3v) is 2.82. The van der Waals surface area contributed by atoms with E-state index in [-0.39, 0.29) is 12.6 Å². The number of hydrogen-bond acceptors (Lipinski definition) is 4. The van der Waals surface area contributed by atoms with Gasteiger partial charge in [-0.25, -0.2) is 13.1 Å². The fourth-order valence-corrected chi connectivity index (χ4v) is 1.40. The van der Waals surface area contributed by atoms with Crippen LogP contribution in [0, 0.1) is 5.92 Å². The summed E-state index contributed by atoms with van der Waals surface area (Å²) in [7, 11) is -3.16. The van der Waals surface area contributed by atoms with Crippen LogP contribution in [0.15, 0.2) is 0 Å². The fraction of sp³-hybridized carbons (Fsp3) is 0.875. The monoisotopic (exact) mass is 238 g/mol. The third-order valence-electron chi connectivity index (χ3n) is 2.10. The zero-order valence-corrected chi connectivity index (χ0v) is 9.97. The van der Waals surface area contributed by atoms with Crippen LogP contribution in [0.5, 0.6) is 0 Å². The molecule has 0 bridgehead atoms. The van der Waals surface area contributed by atoms with E-state index in [1.807, 2.05) is 0 Å². The molecule has 0 radical (unpaired) electrons. The summed E-state index contributed by atoms with van der Waals surface area (Å²) >= 11 is 0. The first-order chi connectivity index (χ1) is 6.74. The predicted octanol–water partition coefficient (Wildman–Crippen LogP) is -0.766. The average molecular weight is 238 g/mol. The molecule has 2 atom stereocenters. The summed E-state index contributed by atoms with van der Waals surface area (Å²) in [4.78, 5) is 10.6. The molecule has 0 amide bonds. The zero-order valence-electron chi connectivity index (χ0n) is 9.15. The van der Waals surface area contributed by atoms with Crippen molar-refractivity contribution in [3.63, 3.8) is 0 Å². The lowest BCUT2D eigenvalue weighted by molar-refractivity contribution is -0.141. The summed E-state index contributed by atoms with van der Waals surface area (Å²) in [6.07, 6.45) is 1.08. The summed E-state index contributed by atoms with van der Waals surface area (Å²) in [5.41, 5.74) is 0. The van der Waals surface area contributed by atoms with Crippen molar-refractivity contribution in [3.05, 3.63) is 0 Å². The summed E-state index contributed by atoms with van der Waals surface area (Å²) in [6.45, 7) is 4.02. The molecule has 6 nitrogen and oxygen atoms in total. The fourth-order valence-electron chi connectivity index (χ4n) is 0.927.